The molecular formula is C11H18BNO3. The van der Waals surface area contributed by atoms with Crippen molar-refractivity contribution in [3.63, 3.8) is 0 Å². The predicted molar refractivity (Wildman–Crippen MR) is 63.1 cm³/mol. The van der Waals surface area contributed by atoms with Gasteiger partial charge in [-0.05, 0) is 39.8 Å². The van der Waals surface area contributed by atoms with E-state index in [1.807, 2.05) is 39.8 Å². The fourth-order valence-corrected chi connectivity index (χ4v) is 1.05. The molecule has 16 heavy (non-hydrogen) atoms. The fraction of sp³-hybridized carbons (Fsp3) is 0.545. The van der Waals surface area contributed by atoms with Gasteiger partial charge in [0.25, 0.3) is 0 Å². The van der Waals surface area contributed by atoms with Crippen molar-refractivity contribution in [3.8, 4) is 5.88 Å². The number of nitrogens with zero attached hydrogens (tertiary/aromatic N) is 1. The molecule has 0 saturated carbocycles. The molecule has 0 fully saturated rings. The van der Waals surface area contributed by atoms with Crippen LogP contribution in [0.25, 0.3) is 0 Å². The SMILES string of the molecule is CC(C)OB(Oc1ccccn1)OC(C)C. The summed E-state index contributed by atoms with van der Waals surface area (Å²) in [5.41, 5.74) is 0. The Hall–Kier alpha value is -1.07. The van der Waals surface area contributed by atoms with Crippen LogP contribution >= 0.6 is 0 Å². The van der Waals surface area contributed by atoms with Crippen molar-refractivity contribution < 1.29 is 14.0 Å². The van der Waals surface area contributed by atoms with Crippen LogP contribution < -0.4 is 4.65 Å². The molecular weight excluding hydrogens is 205 g/mol. The highest BCUT2D eigenvalue weighted by Gasteiger charge is 2.27. The van der Waals surface area contributed by atoms with Gasteiger partial charge in [0.2, 0.25) is 0 Å². The molecule has 88 valence electrons. The molecule has 0 aliphatic carbocycles. The van der Waals surface area contributed by atoms with Crippen molar-refractivity contribution in [1.82, 2.24) is 4.98 Å². The van der Waals surface area contributed by atoms with Gasteiger partial charge in [0.1, 0.15) is 0 Å². The average molecular weight is 223 g/mol. The molecule has 5 heteroatoms. The zero-order valence-corrected chi connectivity index (χ0v) is 10.2. The molecule has 0 aromatic carbocycles. The second-order valence-electron chi connectivity index (χ2n) is 3.94. The van der Waals surface area contributed by atoms with Crippen LogP contribution in [-0.4, -0.2) is 24.5 Å². The van der Waals surface area contributed by atoms with Gasteiger partial charge in [-0.2, -0.15) is 0 Å². The van der Waals surface area contributed by atoms with Crippen LogP contribution in [0.15, 0.2) is 24.4 Å². The molecule has 0 aliphatic rings. The van der Waals surface area contributed by atoms with Crippen molar-refractivity contribution in [2.45, 2.75) is 39.9 Å². The van der Waals surface area contributed by atoms with E-state index in [1.54, 1.807) is 12.3 Å². The molecule has 0 spiro atoms. The number of pyridine rings is 1. The van der Waals surface area contributed by atoms with E-state index >= 15 is 0 Å². The third kappa shape index (κ3) is 5.14. The molecule has 0 N–H and O–H groups in total. The molecule has 0 saturated heterocycles. The Kier molecular flexibility index (Phi) is 5.28. The summed E-state index contributed by atoms with van der Waals surface area (Å²) in [6.45, 7) is 7.72. The van der Waals surface area contributed by atoms with E-state index in [0.29, 0.717) is 5.88 Å². The van der Waals surface area contributed by atoms with Gasteiger partial charge in [0, 0.05) is 18.4 Å². The van der Waals surface area contributed by atoms with Crippen molar-refractivity contribution in [1.29, 1.82) is 0 Å². The van der Waals surface area contributed by atoms with Gasteiger partial charge in [0.05, 0.1) is 0 Å². The quantitative estimate of drug-likeness (QED) is 0.693. The summed E-state index contributed by atoms with van der Waals surface area (Å²) >= 11 is 0. The van der Waals surface area contributed by atoms with Gasteiger partial charge < -0.3 is 14.0 Å². The lowest BCUT2D eigenvalue weighted by molar-refractivity contribution is 0.0838. The first-order valence-electron chi connectivity index (χ1n) is 5.46. The van der Waals surface area contributed by atoms with Crippen LogP contribution in [-0.2, 0) is 9.31 Å². The summed E-state index contributed by atoms with van der Waals surface area (Å²) < 4.78 is 16.4. The molecule has 0 unspecified atom stereocenters. The predicted octanol–water partition coefficient (Wildman–Crippen LogP) is 2.30. The minimum Gasteiger partial charge on any atom is -0.497 e. The maximum Gasteiger partial charge on any atom is 0.714 e. The minimum absolute atomic E-state index is 0.0347. The smallest absolute Gasteiger partial charge is 0.497 e. The van der Waals surface area contributed by atoms with E-state index in [2.05, 4.69) is 4.98 Å². The summed E-state index contributed by atoms with van der Waals surface area (Å²) in [4.78, 5) is 4.05. The lowest BCUT2D eigenvalue weighted by atomic mass is 10.2. The first-order valence-corrected chi connectivity index (χ1v) is 5.46. The summed E-state index contributed by atoms with van der Waals surface area (Å²) in [6, 6.07) is 5.44. The Labute approximate surface area is 97.1 Å². The molecule has 4 nitrogen and oxygen atoms in total. The van der Waals surface area contributed by atoms with Gasteiger partial charge in [-0.15, -0.1) is 0 Å². The Morgan fingerprint density at radius 3 is 2.12 bits per heavy atom. The van der Waals surface area contributed by atoms with Gasteiger partial charge in [-0.1, -0.05) is 6.07 Å². The maximum absolute atomic E-state index is 5.48. The molecule has 1 rings (SSSR count). The lowest BCUT2D eigenvalue weighted by Gasteiger charge is -2.18. The van der Waals surface area contributed by atoms with Crippen LogP contribution in [0.5, 0.6) is 5.88 Å². The zero-order valence-electron chi connectivity index (χ0n) is 10.2. The second-order valence-corrected chi connectivity index (χ2v) is 3.94. The zero-order chi connectivity index (χ0) is 12.0. The molecule has 0 bridgehead atoms. The molecule has 1 aromatic rings. The van der Waals surface area contributed by atoms with Gasteiger partial charge in [-0.3, -0.25) is 0 Å². The Morgan fingerprint density at radius 1 is 1.06 bits per heavy atom. The van der Waals surface area contributed by atoms with Crippen LogP contribution in [0.3, 0.4) is 0 Å². The average Bonchev–Trinajstić information content (AvgIpc) is 2.16. The molecule has 0 radical (unpaired) electrons. The highest BCUT2D eigenvalue weighted by Crippen LogP contribution is 2.08. The van der Waals surface area contributed by atoms with E-state index in [-0.39, 0.29) is 12.2 Å². The summed E-state index contributed by atoms with van der Waals surface area (Å²) in [5.74, 6) is 0.494. The van der Waals surface area contributed by atoms with E-state index in [4.69, 9.17) is 14.0 Å². The standard InChI is InChI=1S/C11H18BNO3/c1-9(2)14-12(15-10(3)4)16-11-7-5-6-8-13-11/h5-10H,1-4H3. The lowest BCUT2D eigenvalue weighted by Crippen LogP contribution is -2.35. The Bertz CT molecular complexity index is 283. The van der Waals surface area contributed by atoms with Crippen molar-refractivity contribution in [2.75, 3.05) is 0 Å². The summed E-state index contributed by atoms with van der Waals surface area (Å²) in [7, 11) is -0.713. The Balaban J connectivity index is 2.56. The largest absolute Gasteiger partial charge is 0.714 e. The minimum atomic E-state index is -0.713. The van der Waals surface area contributed by atoms with Gasteiger partial charge in [0.15, 0.2) is 5.88 Å². The van der Waals surface area contributed by atoms with Crippen molar-refractivity contribution in [3.05, 3.63) is 24.4 Å². The van der Waals surface area contributed by atoms with Gasteiger partial charge in [-0.25, -0.2) is 4.98 Å². The van der Waals surface area contributed by atoms with Gasteiger partial charge >= 0.3 is 7.32 Å². The molecule has 0 atom stereocenters. The van der Waals surface area contributed by atoms with E-state index in [0.717, 1.165) is 0 Å². The first-order chi connectivity index (χ1) is 7.58. The highest BCUT2D eigenvalue weighted by molar-refractivity contribution is 6.37. The number of rotatable bonds is 6. The summed E-state index contributed by atoms with van der Waals surface area (Å²) in [6.07, 6.45) is 1.73. The fourth-order valence-electron chi connectivity index (χ4n) is 1.05. The third-order valence-electron chi connectivity index (χ3n) is 1.62. The van der Waals surface area contributed by atoms with Crippen molar-refractivity contribution >= 4 is 7.32 Å². The third-order valence-corrected chi connectivity index (χ3v) is 1.62. The highest BCUT2D eigenvalue weighted by atomic mass is 16.7. The van der Waals surface area contributed by atoms with E-state index in [9.17, 15) is 0 Å². The van der Waals surface area contributed by atoms with E-state index in [1.165, 1.54) is 0 Å². The topological polar surface area (TPSA) is 40.6 Å². The van der Waals surface area contributed by atoms with Crippen LogP contribution in [0.2, 0.25) is 0 Å². The van der Waals surface area contributed by atoms with Crippen LogP contribution in [0, 0.1) is 0 Å². The summed E-state index contributed by atoms with van der Waals surface area (Å²) in [5, 5.41) is 0. The molecule has 1 aromatic heterocycles. The normalized spacial score (nSPS) is 10.9. The van der Waals surface area contributed by atoms with E-state index < -0.39 is 7.32 Å². The van der Waals surface area contributed by atoms with Crippen LogP contribution in [0.1, 0.15) is 27.7 Å². The molecule has 1 heterocycles. The molecule has 0 aliphatic heterocycles. The second kappa shape index (κ2) is 6.50. The first kappa shape index (κ1) is 13.0. The Morgan fingerprint density at radius 2 is 1.69 bits per heavy atom. The number of hydrogen-bond donors (Lipinski definition) is 0. The van der Waals surface area contributed by atoms with Crippen LogP contribution in [0.4, 0.5) is 0 Å². The maximum atomic E-state index is 5.48. The monoisotopic (exact) mass is 223 g/mol. The molecule has 0 amide bonds. The number of aromatic nitrogens is 1. The number of hydrogen-bond acceptors (Lipinski definition) is 4. The van der Waals surface area contributed by atoms with Crippen molar-refractivity contribution in [2.24, 2.45) is 0 Å².